The highest BCUT2D eigenvalue weighted by Gasteiger charge is 2.22. The fraction of sp³-hybridized carbons (Fsp3) is 0.429. The molecule has 2 atom stereocenters. The zero-order valence-electron chi connectivity index (χ0n) is 14.4. The monoisotopic (exact) mass is 308 g/mol. The Bertz CT molecular complexity index is 573. The fourth-order valence-corrected chi connectivity index (χ4v) is 3.55. The van der Waals surface area contributed by atoms with Gasteiger partial charge in [0.05, 0.1) is 0 Å². The molecule has 0 amide bonds. The number of nitrogens with zero attached hydrogens (tertiary/aromatic N) is 2. The van der Waals surface area contributed by atoms with Gasteiger partial charge >= 0.3 is 0 Å². The van der Waals surface area contributed by atoms with Gasteiger partial charge in [-0.05, 0) is 24.0 Å². The topological polar surface area (TPSA) is 6.48 Å². The molecule has 3 rings (SSSR count). The Labute approximate surface area is 140 Å². The molecular weight excluding hydrogens is 280 g/mol. The summed E-state index contributed by atoms with van der Waals surface area (Å²) in [6.07, 6.45) is 0. The predicted octanol–water partition coefficient (Wildman–Crippen LogP) is 4.17. The standard InChI is InChI=1S/C21H28N2/c1-18(20-9-5-3-6-10-20)17-22-13-15-23(16-14-22)19(2)21-11-7-4-8-12-21/h3-12,18-19H,13-17H2,1-2H3. The minimum Gasteiger partial charge on any atom is -0.300 e. The molecule has 2 aromatic rings. The van der Waals surface area contributed by atoms with Crippen molar-refractivity contribution >= 4 is 0 Å². The summed E-state index contributed by atoms with van der Waals surface area (Å²) >= 11 is 0. The summed E-state index contributed by atoms with van der Waals surface area (Å²) in [5.41, 5.74) is 2.88. The normalized spacial score (nSPS) is 19.4. The van der Waals surface area contributed by atoms with Crippen molar-refractivity contribution in [3.8, 4) is 0 Å². The summed E-state index contributed by atoms with van der Waals surface area (Å²) < 4.78 is 0. The molecule has 0 aromatic heterocycles. The van der Waals surface area contributed by atoms with E-state index in [2.05, 4.69) is 84.3 Å². The summed E-state index contributed by atoms with van der Waals surface area (Å²) in [7, 11) is 0. The van der Waals surface area contributed by atoms with E-state index in [-0.39, 0.29) is 0 Å². The van der Waals surface area contributed by atoms with E-state index in [1.807, 2.05) is 0 Å². The number of hydrogen-bond donors (Lipinski definition) is 0. The van der Waals surface area contributed by atoms with Gasteiger partial charge in [-0.15, -0.1) is 0 Å². The molecule has 0 radical (unpaired) electrons. The molecule has 1 aliphatic heterocycles. The molecule has 0 N–H and O–H groups in total. The molecule has 1 heterocycles. The summed E-state index contributed by atoms with van der Waals surface area (Å²) in [4.78, 5) is 5.23. The van der Waals surface area contributed by atoms with E-state index >= 15 is 0 Å². The van der Waals surface area contributed by atoms with E-state index in [0.29, 0.717) is 12.0 Å². The second-order valence-electron chi connectivity index (χ2n) is 6.73. The first-order valence-corrected chi connectivity index (χ1v) is 8.80. The average molecular weight is 308 g/mol. The Hall–Kier alpha value is -1.64. The molecule has 1 aliphatic rings. The first-order chi connectivity index (χ1) is 11.2. The molecule has 2 aromatic carbocycles. The van der Waals surface area contributed by atoms with Crippen molar-refractivity contribution in [2.75, 3.05) is 32.7 Å². The Morgan fingerprint density at radius 3 is 1.83 bits per heavy atom. The minimum absolute atomic E-state index is 0.518. The fourth-order valence-electron chi connectivity index (χ4n) is 3.55. The van der Waals surface area contributed by atoms with Crippen LogP contribution in [0.25, 0.3) is 0 Å². The van der Waals surface area contributed by atoms with E-state index in [0.717, 1.165) is 19.6 Å². The number of rotatable bonds is 5. The molecule has 1 saturated heterocycles. The third-order valence-electron chi connectivity index (χ3n) is 5.14. The van der Waals surface area contributed by atoms with Crippen LogP contribution in [0, 0.1) is 0 Å². The van der Waals surface area contributed by atoms with Gasteiger partial charge in [0.2, 0.25) is 0 Å². The molecule has 2 nitrogen and oxygen atoms in total. The third-order valence-corrected chi connectivity index (χ3v) is 5.14. The Morgan fingerprint density at radius 2 is 1.26 bits per heavy atom. The second kappa shape index (κ2) is 7.76. The van der Waals surface area contributed by atoms with Gasteiger partial charge in [0.1, 0.15) is 0 Å². The first kappa shape index (κ1) is 16.2. The van der Waals surface area contributed by atoms with Gasteiger partial charge in [-0.2, -0.15) is 0 Å². The summed E-state index contributed by atoms with van der Waals surface area (Å²) in [5, 5.41) is 0. The number of piperazine rings is 1. The van der Waals surface area contributed by atoms with Crippen LogP contribution < -0.4 is 0 Å². The van der Waals surface area contributed by atoms with Crippen molar-refractivity contribution in [3.05, 3.63) is 71.8 Å². The third kappa shape index (κ3) is 4.21. The summed E-state index contributed by atoms with van der Waals surface area (Å²) in [5.74, 6) is 0.606. The molecule has 122 valence electrons. The molecule has 0 spiro atoms. The Morgan fingerprint density at radius 1 is 0.739 bits per heavy atom. The maximum Gasteiger partial charge on any atom is 0.0320 e. The van der Waals surface area contributed by atoms with Crippen LogP contribution >= 0.6 is 0 Å². The first-order valence-electron chi connectivity index (χ1n) is 8.80. The zero-order valence-corrected chi connectivity index (χ0v) is 14.4. The van der Waals surface area contributed by atoms with Crippen LogP contribution in [-0.4, -0.2) is 42.5 Å². The molecule has 0 bridgehead atoms. The molecule has 2 heteroatoms. The van der Waals surface area contributed by atoms with E-state index < -0.39 is 0 Å². The SMILES string of the molecule is CC(CN1CCN(C(C)c2ccccc2)CC1)c1ccccc1. The van der Waals surface area contributed by atoms with Crippen LogP contribution in [0.4, 0.5) is 0 Å². The number of benzene rings is 2. The van der Waals surface area contributed by atoms with Gasteiger partial charge in [-0.3, -0.25) is 4.90 Å². The van der Waals surface area contributed by atoms with Gasteiger partial charge in [-0.25, -0.2) is 0 Å². The van der Waals surface area contributed by atoms with Crippen LogP contribution in [-0.2, 0) is 0 Å². The second-order valence-corrected chi connectivity index (χ2v) is 6.73. The molecule has 1 fully saturated rings. The van der Waals surface area contributed by atoms with Gasteiger partial charge in [0.25, 0.3) is 0 Å². The predicted molar refractivity (Wildman–Crippen MR) is 97.7 cm³/mol. The highest BCUT2D eigenvalue weighted by molar-refractivity contribution is 5.20. The highest BCUT2D eigenvalue weighted by Crippen LogP contribution is 2.22. The zero-order chi connectivity index (χ0) is 16.1. The van der Waals surface area contributed by atoms with Crippen LogP contribution in [0.15, 0.2) is 60.7 Å². The van der Waals surface area contributed by atoms with E-state index in [9.17, 15) is 0 Å². The molecule has 23 heavy (non-hydrogen) atoms. The van der Waals surface area contributed by atoms with Crippen molar-refractivity contribution < 1.29 is 0 Å². The maximum atomic E-state index is 2.62. The molecule has 0 saturated carbocycles. The lowest BCUT2D eigenvalue weighted by Crippen LogP contribution is -2.47. The van der Waals surface area contributed by atoms with E-state index in [1.165, 1.54) is 24.2 Å². The Kier molecular flexibility index (Phi) is 5.47. The van der Waals surface area contributed by atoms with E-state index in [4.69, 9.17) is 0 Å². The highest BCUT2D eigenvalue weighted by atomic mass is 15.3. The lowest BCUT2D eigenvalue weighted by molar-refractivity contribution is 0.0990. The minimum atomic E-state index is 0.518. The summed E-state index contributed by atoms with van der Waals surface area (Å²) in [6, 6.07) is 22.3. The van der Waals surface area contributed by atoms with E-state index in [1.54, 1.807) is 0 Å². The van der Waals surface area contributed by atoms with Crippen molar-refractivity contribution in [2.24, 2.45) is 0 Å². The molecule has 2 unspecified atom stereocenters. The van der Waals surface area contributed by atoms with Gasteiger partial charge in [-0.1, -0.05) is 67.6 Å². The lowest BCUT2D eigenvalue weighted by atomic mass is 10.00. The van der Waals surface area contributed by atoms with Crippen molar-refractivity contribution in [1.82, 2.24) is 9.80 Å². The quantitative estimate of drug-likeness (QED) is 0.818. The van der Waals surface area contributed by atoms with Crippen molar-refractivity contribution in [1.29, 1.82) is 0 Å². The van der Waals surface area contributed by atoms with Crippen LogP contribution in [0.5, 0.6) is 0 Å². The largest absolute Gasteiger partial charge is 0.300 e. The smallest absolute Gasteiger partial charge is 0.0320 e. The van der Waals surface area contributed by atoms with Gasteiger partial charge < -0.3 is 4.90 Å². The lowest BCUT2D eigenvalue weighted by Gasteiger charge is -2.39. The van der Waals surface area contributed by atoms with Crippen LogP contribution in [0.2, 0.25) is 0 Å². The average Bonchev–Trinajstić information content (AvgIpc) is 2.63. The summed E-state index contributed by atoms with van der Waals surface area (Å²) in [6.45, 7) is 10.5. The number of hydrogen-bond acceptors (Lipinski definition) is 2. The van der Waals surface area contributed by atoms with Crippen LogP contribution in [0.3, 0.4) is 0 Å². The molecule has 0 aliphatic carbocycles. The van der Waals surface area contributed by atoms with Crippen molar-refractivity contribution in [2.45, 2.75) is 25.8 Å². The van der Waals surface area contributed by atoms with Crippen LogP contribution in [0.1, 0.15) is 36.9 Å². The van der Waals surface area contributed by atoms with Gasteiger partial charge in [0.15, 0.2) is 0 Å². The molecular formula is C21H28N2. The van der Waals surface area contributed by atoms with Crippen molar-refractivity contribution in [3.63, 3.8) is 0 Å². The van der Waals surface area contributed by atoms with Gasteiger partial charge in [0, 0.05) is 38.8 Å². The Balaban J connectivity index is 1.51. The maximum absolute atomic E-state index is 2.62.